The number of benzene rings is 3. The first kappa shape index (κ1) is 104. The molecule has 135 heavy (non-hydrogen) atoms. The Morgan fingerprint density at radius 1 is 0.570 bits per heavy atom. The van der Waals surface area contributed by atoms with E-state index in [1.807, 2.05) is 13.8 Å². The smallest absolute Gasteiger partial charge is 0.246 e. The number of nitrogens with two attached hydrogens (primary N) is 3. The van der Waals surface area contributed by atoms with Gasteiger partial charge in [0.25, 0.3) is 0 Å². The van der Waals surface area contributed by atoms with Gasteiger partial charge in [0.15, 0.2) is 5.78 Å². The van der Waals surface area contributed by atoms with Gasteiger partial charge in [0.05, 0.1) is 55.4 Å². The molecule has 0 bridgehead atoms. The Kier molecular flexibility index (Phi) is 38.5. The summed E-state index contributed by atoms with van der Waals surface area (Å²) >= 11 is 0.795. The lowest BCUT2D eigenvalue weighted by molar-refractivity contribution is -0.149. The molecule has 0 saturated carbocycles. The van der Waals surface area contributed by atoms with E-state index in [0.717, 1.165) is 26.5 Å². The van der Waals surface area contributed by atoms with Gasteiger partial charge in [0, 0.05) is 131 Å². The standard InChI is InChI=1S/C92H128N22O20S/c1-7-9-22-71-84(126)103-63(21-15-29-93)82(124)109-70(81(123)100-45-78(95)120)48-135-49-79(121)102-67(34-52-25-27-57(116)28-26-52)89(131)113-32-30-96-44-75(113)87(129)108-69(40-77(94)119)90(132)112-31-16-24-72(112)85(127)105-65(38-56-43-97-50-101-56)83(125)107-66(33-51(3)4)91(133)114-46-58(117)39-74(114)86(128)104-64(35-53-41-98-61-19-13-11-17-59(53)61)76(118)37-55(47-115)80(122)106-68(36-54-42-99-62-20-14-12-18-60(54)62)88(130)111(6)73(23-10-8-2)92(134)110(71)5/h11-14,17-20,25-28,41-43,50-51,55,58,63-75,96,98-99,115-117H,7-10,15-16,21-24,29-40,44-49,93H2,1-6H3,(H2,94,119)(H2,95,120)(H,97,101)(H,100,123)(H,102,121)(H,103,126)(H,104,128)(H,105,127)(H,106,122)(H,107,125)(H,108,129)(H,109,124)/t55-,58+,63-,64+,65+,66-,67-,68-,69+,70+,71+,72-,73+,74?,75?/m0/s1. The van der Waals surface area contributed by atoms with Crippen molar-refractivity contribution in [2.75, 3.05) is 78.0 Å². The number of nitrogens with zero attached hydrogens (tertiary/aromatic N) is 6. The lowest BCUT2D eigenvalue weighted by Crippen LogP contribution is -2.65. The molecule has 0 spiro atoms. The summed E-state index contributed by atoms with van der Waals surface area (Å²) in [7, 11) is 2.74. The number of imidazole rings is 1. The van der Waals surface area contributed by atoms with Crippen LogP contribution in [-0.2, 0) is 107 Å². The predicted octanol–water partition coefficient (Wildman–Crippen LogP) is -2.41. The average Bonchev–Trinajstić information content (AvgIpc) is 1.43. The highest BCUT2D eigenvalue weighted by molar-refractivity contribution is 8.00. The number of aromatic hydroxyl groups is 1. The monoisotopic (exact) mass is 1890 g/mol. The molecule has 4 aliphatic heterocycles. The fourth-order valence-corrected chi connectivity index (χ4v) is 18.4. The summed E-state index contributed by atoms with van der Waals surface area (Å²) in [5, 5.41) is 61.8. The topological polar surface area (TPSA) is 626 Å². The maximum absolute atomic E-state index is 15.8. The number of rotatable bonds is 25. The first-order valence-electron chi connectivity index (χ1n) is 46.0. The number of carbonyl (C=O) groups is 17. The Bertz CT molecular complexity index is 5190. The molecular weight excluding hydrogens is 1770 g/mol. The van der Waals surface area contributed by atoms with E-state index in [9.17, 15) is 48.9 Å². The summed E-state index contributed by atoms with van der Waals surface area (Å²) < 4.78 is 0. The van der Waals surface area contributed by atoms with Crippen molar-refractivity contribution in [1.29, 1.82) is 0 Å². The van der Waals surface area contributed by atoms with Gasteiger partial charge >= 0.3 is 0 Å². The SMILES string of the molecule is CCCC[C@@H]1C(=O)N(C)[C@H](CCCC)C(=O)N[C@@H](CCCN)C(=O)N[C@@H](C(=O)NCC(N)=O)CSCC(=O)N[C@@H](Cc2ccc(O)cc2)C(=O)N2CCNCC2C(=O)N[C@H](CC(N)=O)C(=O)N2CCC[C@H]2C(=O)N[C@H](Cc2c[nH]cn2)C(=O)N[C@@H](CC(C)C)C(=O)N2C[C@H](O)CC2C(=O)N[C@H](Cc2c[nH]c3ccccc23)C(=O)C[C@@H](CO)C(=O)N[C@@H](Cc2c[nH]c3ccccc23)C(=O)N1C. The van der Waals surface area contributed by atoms with Gasteiger partial charge in [-0.1, -0.05) is 102 Å². The number of phenols is 1. The van der Waals surface area contributed by atoms with Gasteiger partial charge in [-0.05, 0) is 98.4 Å². The van der Waals surface area contributed by atoms with Crippen molar-refractivity contribution in [2.24, 2.45) is 29.0 Å². The Balaban J connectivity index is 1.02. The number of piperazine rings is 1. The summed E-state index contributed by atoms with van der Waals surface area (Å²) in [6.45, 7) is 4.69. The Morgan fingerprint density at radius 3 is 1.77 bits per heavy atom. The van der Waals surface area contributed by atoms with Crippen molar-refractivity contribution < 1.29 is 96.8 Å². The number of Topliss-reactive ketones (excluding diaryl/α,β-unsaturated/α-hetero) is 1. The van der Waals surface area contributed by atoms with Crippen molar-refractivity contribution in [3.63, 3.8) is 0 Å². The van der Waals surface area contributed by atoms with E-state index in [1.54, 1.807) is 74.8 Å². The maximum atomic E-state index is 15.8. The lowest BCUT2D eigenvalue weighted by Gasteiger charge is -2.38. The quantitative estimate of drug-likeness (QED) is 0.0284. The minimum absolute atomic E-state index is 0.00684. The van der Waals surface area contributed by atoms with Crippen LogP contribution in [0.15, 0.2) is 97.7 Å². The first-order valence-corrected chi connectivity index (χ1v) is 47.1. The van der Waals surface area contributed by atoms with Gasteiger partial charge < -0.3 is 125 Å². The van der Waals surface area contributed by atoms with Crippen LogP contribution in [0.3, 0.4) is 0 Å². The third-order valence-corrected chi connectivity index (χ3v) is 25.9. The molecule has 0 radical (unpaired) electrons. The second-order valence-electron chi connectivity index (χ2n) is 35.3. The average molecular weight is 1890 g/mol. The van der Waals surface area contributed by atoms with Gasteiger partial charge in [-0.2, -0.15) is 0 Å². The molecule has 7 heterocycles. The van der Waals surface area contributed by atoms with Crippen LogP contribution in [0.2, 0.25) is 0 Å². The minimum Gasteiger partial charge on any atom is -0.508 e. The number of thioether (sulfide) groups is 1. The number of fused-ring (bicyclic) bond motifs is 5. The van der Waals surface area contributed by atoms with Gasteiger partial charge in [0.2, 0.25) is 94.5 Å². The van der Waals surface area contributed by atoms with Crippen molar-refractivity contribution in [2.45, 2.75) is 228 Å². The molecule has 42 nitrogen and oxygen atoms in total. The third kappa shape index (κ3) is 28.4. The van der Waals surface area contributed by atoms with Gasteiger partial charge in [-0.25, -0.2) is 4.98 Å². The van der Waals surface area contributed by atoms with E-state index in [0.29, 0.717) is 64.2 Å². The fraction of sp³-hybridized carbons (Fsp3) is 0.543. The summed E-state index contributed by atoms with van der Waals surface area (Å²) in [5.41, 5.74) is 20.3. The number of primary amides is 2. The Hall–Kier alpha value is -12.9. The number of carbonyl (C=O) groups excluding carboxylic acids is 17. The number of phenolic OH excluding ortho intramolecular Hbond substituents is 1. The van der Waals surface area contributed by atoms with Gasteiger partial charge in [-0.15, -0.1) is 11.8 Å². The molecule has 3 aromatic carbocycles. The van der Waals surface area contributed by atoms with E-state index >= 15 is 47.9 Å². The van der Waals surface area contributed by atoms with Crippen molar-refractivity contribution >= 4 is 134 Å². The molecule has 2 unspecified atom stereocenters. The molecule has 16 amide bonds. The van der Waals surface area contributed by atoms with Gasteiger partial charge in [-0.3, -0.25) is 81.5 Å². The molecule has 4 aliphatic rings. The van der Waals surface area contributed by atoms with E-state index in [2.05, 4.69) is 73.1 Å². The van der Waals surface area contributed by atoms with Crippen LogP contribution >= 0.6 is 11.8 Å². The second kappa shape index (κ2) is 49.9. The molecule has 6 aromatic rings. The van der Waals surface area contributed by atoms with Crippen molar-refractivity contribution in [3.05, 3.63) is 120 Å². The molecule has 0 aliphatic carbocycles. The highest BCUT2D eigenvalue weighted by atomic mass is 32.2. The molecule has 43 heteroatoms. The number of hydrogen-bond acceptors (Lipinski definition) is 24. The lowest BCUT2D eigenvalue weighted by atomic mass is 9.93. The number of H-pyrrole nitrogens is 3. The molecule has 15 atom stereocenters. The van der Waals surface area contributed by atoms with Crippen LogP contribution in [0.5, 0.6) is 5.75 Å². The molecular formula is C92H128N22O20S. The van der Waals surface area contributed by atoms with Crippen molar-refractivity contribution in [3.8, 4) is 5.75 Å². The number of ketones is 1. The second-order valence-corrected chi connectivity index (χ2v) is 36.4. The molecule has 4 fully saturated rings. The number of aromatic amines is 3. The first-order chi connectivity index (χ1) is 64.6. The van der Waals surface area contributed by atoms with E-state index in [4.69, 9.17) is 17.2 Å². The summed E-state index contributed by atoms with van der Waals surface area (Å²) in [6, 6.07) is 0.426. The molecule has 10 rings (SSSR count). The Morgan fingerprint density at radius 2 is 1.14 bits per heavy atom. The number of aliphatic hydroxyl groups is 2. The number of likely N-dealkylation sites (N-methyl/N-ethyl adjacent to an activating group) is 2. The highest BCUT2D eigenvalue weighted by Gasteiger charge is 2.48. The molecule has 4 saturated heterocycles. The molecule has 3 aromatic heterocycles. The van der Waals surface area contributed by atoms with Crippen LogP contribution in [0.25, 0.3) is 21.8 Å². The number of para-hydroxylation sites is 2. The Labute approximate surface area is 785 Å². The number of aliphatic hydroxyl groups excluding tert-OH is 2. The summed E-state index contributed by atoms with van der Waals surface area (Å²) in [5.74, 6) is -18.3. The predicted molar refractivity (Wildman–Crippen MR) is 496 cm³/mol. The zero-order valence-corrected chi connectivity index (χ0v) is 77.7. The minimum atomic E-state index is -1.77. The van der Waals surface area contributed by atoms with Crippen LogP contribution in [0.4, 0.5) is 0 Å². The number of nitrogens with one attached hydrogen (secondary N) is 13. The van der Waals surface area contributed by atoms with Crippen molar-refractivity contribution in [1.82, 2.24) is 97.6 Å². The number of amides is 16. The maximum Gasteiger partial charge on any atom is 0.246 e. The number of unbranched alkanes of at least 4 members (excludes halogenated alkanes) is 2. The van der Waals surface area contributed by atoms with E-state index in [1.165, 1.54) is 60.7 Å². The highest BCUT2D eigenvalue weighted by Crippen LogP contribution is 2.29. The molecule has 22 N–H and O–H groups in total. The fourth-order valence-electron chi connectivity index (χ4n) is 17.6. The largest absolute Gasteiger partial charge is 0.508 e. The van der Waals surface area contributed by atoms with Crippen LogP contribution < -0.4 is 70.4 Å². The summed E-state index contributed by atoms with van der Waals surface area (Å²) in [4.78, 5) is 271. The molecule has 732 valence electrons. The normalized spacial score (nSPS) is 25.4. The van der Waals surface area contributed by atoms with Crippen LogP contribution in [0, 0.1) is 11.8 Å². The zero-order valence-electron chi connectivity index (χ0n) is 76.9. The third-order valence-electron chi connectivity index (χ3n) is 24.8. The van der Waals surface area contributed by atoms with E-state index < -0.39 is 235 Å². The van der Waals surface area contributed by atoms with Crippen LogP contribution in [0.1, 0.15) is 140 Å². The number of hydrogen-bond donors (Lipinski definition) is 19. The van der Waals surface area contributed by atoms with E-state index in [-0.39, 0.29) is 127 Å². The zero-order chi connectivity index (χ0) is 97.9. The summed E-state index contributed by atoms with van der Waals surface area (Å²) in [6.07, 6.45) is 3.60. The van der Waals surface area contributed by atoms with Crippen LogP contribution in [-0.4, -0.2) is 323 Å². The van der Waals surface area contributed by atoms with Gasteiger partial charge in [0.1, 0.15) is 78.3 Å². The number of aromatic nitrogens is 4.